The van der Waals surface area contributed by atoms with Gasteiger partial charge in [0.05, 0.1) is 12.8 Å². The van der Waals surface area contributed by atoms with Gasteiger partial charge in [0.25, 0.3) is 5.91 Å². The molecule has 4 amide bonds. The fraction of sp³-hybridized carbons (Fsp3) is 0.350. The van der Waals surface area contributed by atoms with Crippen molar-refractivity contribution < 1.29 is 18.8 Å². The van der Waals surface area contributed by atoms with Crippen LogP contribution in [-0.2, 0) is 21.7 Å². The maximum absolute atomic E-state index is 12.9. The summed E-state index contributed by atoms with van der Waals surface area (Å²) in [4.78, 5) is 38.2. The Morgan fingerprint density at radius 3 is 2.52 bits per heavy atom. The molecule has 1 aliphatic rings. The number of benzene rings is 1. The number of nitrogens with zero attached hydrogens (tertiary/aromatic N) is 1. The van der Waals surface area contributed by atoms with Crippen molar-refractivity contribution in [2.24, 2.45) is 0 Å². The Hall–Kier alpha value is -3.09. The van der Waals surface area contributed by atoms with E-state index >= 15 is 0 Å². The predicted octanol–water partition coefficient (Wildman–Crippen LogP) is 2.49. The number of rotatable bonds is 6. The van der Waals surface area contributed by atoms with E-state index in [0.717, 1.165) is 10.5 Å². The van der Waals surface area contributed by atoms with Gasteiger partial charge in [0, 0.05) is 0 Å². The molecule has 1 fully saturated rings. The first-order chi connectivity index (χ1) is 12.8. The largest absolute Gasteiger partial charge is 0.467 e. The van der Waals surface area contributed by atoms with Gasteiger partial charge >= 0.3 is 6.03 Å². The first-order valence-electron chi connectivity index (χ1n) is 8.85. The monoisotopic (exact) mass is 369 g/mol. The van der Waals surface area contributed by atoms with Gasteiger partial charge in [0.1, 0.15) is 17.8 Å². The predicted molar refractivity (Wildman–Crippen MR) is 98.7 cm³/mol. The number of furan rings is 1. The summed E-state index contributed by atoms with van der Waals surface area (Å²) in [5.74, 6) is 0.0814. The second-order valence-electron chi connectivity index (χ2n) is 7.08. The minimum absolute atomic E-state index is 0.198. The standard InChI is InChI=1S/C20H23N3O4/c1-13(2)14-6-8-15(9-7-14)20(3)18(25)23(19(26)22-20)12-17(24)21-11-16-5-4-10-27-16/h4-10,13H,11-12H2,1-3H3,(H,21,24)(H,22,26)/t20-/m0/s1. The molecule has 2 N–H and O–H groups in total. The summed E-state index contributed by atoms with van der Waals surface area (Å²) in [5, 5.41) is 5.34. The lowest BCUT2D eigenvalue weighted by atomic mass is 9.90. The van der Waals surface area contributed by atoms with Crippen molar-refractivity contribution in [3.8, 4) is 0 Å². The van der Waals surface area contributed by atoms with Crippen molar-refractivity contribution in [1.82, 2.24) is 15.5 Å². The van der Waals surface area contributed by atoms with Crippen molar-refractivity contribution in [3.05, 3.63) is 59.5 Å². The van der Waals surface area contributed by atoms with Crippen LogP contribution in [0.15, 0.2) is 47.1 Å². The first-order valence-corrected chi connectivity index (χ1v) is 8.85. The van der Waals surface area contributed by atoms with Crippen LogP contribution in [0.2, 0.25) is 0 Å². The third-order valence-electron chi connectivity index (χ3n) is 4.77. The molecule has 1 aromatic carbocycles. The Kier molecular flexibility index (Phi) is 5.03. The van der Waals surface area contributed by atoms with Crippen molar-refractivity contribution in [3.63, 3.8) is 0 Å². The van der Waals surface area contributed by atoms with E-state index in [9.17, 15) is 14.4 Å². The summed E-state index contributed by atoms with van der Waals surface area (Å²) < 4.78 is 5.14. The van der Waals surface area contributed by atoms with Crippen molar-refractivity contribution in [2.45, 2.75) is 38.8 Å². The highest BCUT2D eigenvalue weighted by Crippen LogP contribution is 2.29. The van der Waals surface area contributed by atoms with E-state index in [4.69, 9.17) is 4.42 Å². The molecular weight excluding hydrogens is 346 g/mol. The fourth-order valence-electron chi connectivity index (χ4n) is 3.04. The molecule has 0 saturated carbocycles. The molecule has 1 aliphatic heterocycles. The molecule has 0 spiro atoms. The van der Waals surface area contributed by atoms with Crippen molar-refractivity contribution in [2.75, 3.05) is 6.54 Å². The van der Waals surface area contributed by atoms with Gasteiger partial charge in [-0.25, -0.2) is 4.79 Å². The molecule has 2 aromatic rings. The number of hydrogen-bond acceptors (Lipinski definition) is 4. The zero-order valence-corrected chi connectivity index (χ0v) is 15.6. The average molecular weight is 369 g/mol. The van der Waals surface area contributed by atoms with E-state index in [1.54, 1.807) is 19.1 Å². The normalized spacial score (nSPS) is 19.5. The highest BCUT2D eigenvalue weighted by atomic mass is 16.3. The number of carbonyl (C=O) groups is 3. The van der Waals surface area contributed by atoms with Gasteiger partial charge < -0.3 is 15.1 Å². The summed E-state index contributed by atoms with van der Waals surface area (Å²) >= 11 is 0. The Bertz CT molecular complexity index is 843. The number of imide groups is 1. The zero-order chi connectivity index (χ0) is 19.6. The highest BCUT2D eigenvalue weighted by molar-refractivity contribution is 6.09. The Balaban J connectivity index is 1.69. The molecule has 1 saturated heterocycles. The number of carbonyl (C=O) groups excluding carboxylic acids is 3. The molecular formula is C20H23N3O4. The average Bonchev–Trinajstić information content (AvgIpc) is 3.23. The van der Waals surface area contributed by atoms with Crippen LogP contribution >= 0.6 is 0 Å². The Morgan fingerprint density at radius 2 is 1.93 bits per heavy atom. The number of urea groups is 1. The van der Waals surface area contributed by atoms with Crippen LogP contribution in [0.3, 0.4) is 0 Å². The van der Waals surface area contributed by atoms with Gasteiger partial charge in [-0.15, -0.1) is 0 Å². The van der Waals surface area contributed by atoms with Crippen molar-refractivity contribution in [1.29, 1.82) is 0 Å². The molecule has 0 radical (unpaired) electrons. The Labute approximate surface area is 157 Å². The molecule has 7 heteroatoms. The van der Waals surface area contributed by atoms with Crippen LogP contribution in [0, 0.1) is 0 Å². The molecule has 142 valence electrons. The van der Waals surface area contributed by atoms with Gasteiger partial charge in [0.2, 0.25) is 5.91 Å². The molecule has 0 unspecified atom stereocenters. The van der Waals surface area contributed by atoms with E-state index in [-0.39, 0.29) is 13.1 Å². The van der Waals surface area contributed by atoms with Gasteiger partial charge in [-0.2, -0.15) is 0 Å². The number of amides is 4. The van der Waals surface area contributed by atoms with Crippen LogP contribution in [0.4, 0.5) is 4.79 Å². The number of hydrogen-bond donors (Lipinski definition) is 2. The Morgan fingerprint density at radius 1 is 1.22 bits per heavy atom. The van der Waals surface area contributed by atoms with Gasteiger partial charge in [-0.05, 0) is 36.1 Å². The van der Waals surface area contributed by atoms with Gasteiger partial charge in [0.15, 0.2) is 0 Å². The van der Waals surface area contributed by atoms with E-state index < -0.39 is 23.4 Å². The van der Waals surface area contributed by atoms with Gasteiger partial charge in [-0.1, -0.05) is 38.1 Å². The van der Waals surface area contributed by atoms with Crippen LogP contribution < -0.4 is 10.6 Å². The molecule has 7 nitrogen and oxygen atoms in total. The maximum atomic E-state index is 12.9. The molecule has 1 atom stereocenters. The lowest BCUT2D eigenvalue weighted by Gasteiger charge is -2.22. The molecule has 3 rings (SSSR count). The summed E-state index contributed by atoms with van der Waals surface area (Å²) in [6.07, 6.45) is 1.51. The number of nitrogens with one attached hydrogen (secondary N) is 2. The summed E-state index contributed by atoms with van der Waals surface area (Å²) in [6, 6.07) is 10.4. The van der Waals surface area contributed by atoms with E-state index in [1.165, 1.54) is 6.26 Å². The van der Waals surface area contributed by atoms with Gasteiger partial charge in [-0.3, -0.25) is 14.5 Å². The van der Waals surface area contributed by atoms with E-state index in [2.05, 4.69) is 24.5 Å². The van der Waals surface area contributed by atoms with E-state index in [1.807, 2.05) is 24.3 Å². The molecule has 1 aromatic heterocycles. The fourth-order valence-corrected chi connectivity index (χ4v) is 3.04. The quantitative estimate of drug-likeness (QED) is 0.765. The first kappa shape index (κ1) is 18.7. The SMILES string of the molecule is CC(C)c1ccc([C@]2(C)NC(=O)N(CC(=O)NCc3ccco3)C2=O)cc1. The minimum atomic E-state index is -1.19. The lowest BCUT2D eigenvalue weighted by Crippen LogP contribution is -2.43. The zero-order valence-electron chi connectivity index (χ0n) is 15.6. The van der Waals surface area contributed by atoms with Crippen LogP contribution in [0.25, 0.3) is 0 Å². The second kappa shape index (κ2) is 7.26. The van der Waals surface area contributed by atoms with Crippen LogP contribution in [-0.4, -0.2) is 29.3 Å². The van der Waals surface area contributed by atoms with E-state index in [0.29, 0.717) is 17.2 Å². The highest BCUT2D eigenvalue weighted by Gasteiger charge is 2.49. The summed E-state index contributed by atoms with van der Waals surface area (Å²) in [5.41, 5.74) is 0.644. The topological polar surface area (TPSA) is 91.7 Å². The maximum Gasteiger partial charge on any atom is 0.325 e. The second-order valence-corrected chi connectivity index (χ2v) is 7.08. The third kappa shape index (κ3) is 3.72. The summed E-state index contributed by atoms with van der Waals surface area (Å²) in [7, 11) is 0. The molecule has 27 heavy (non-hydrogen) atoms. The third-order valence-corrected chi connectivity index (χ3v) is 4.77. The van der Waals surface area contributed by atoms with Crippen LogP contribution in [0.5, 0.6) is 0 Å². The minimum Gasteiger partial charge on any atom is -0.467 e. The molecule has 0 bridgehead atoms. The molecule has 2 heterocycles. The smallest absolute Gasteiger partial charge is 0.325 e. The lowest BCUT2D eigenvalue weighted by molar-refractivity contribution is -0.134. The van der Waals surface area contributed by atoms with Crippen LogP contribution in [0.1, 0.15) is 43.6 Å². The molecule has 0 aliphatic carbocycles. The summed E-state index contributed by atoms with van der Waals surface area (Å²) in [6.45, 7) is 5.68. The van der Waals surface area contributed by atoms with Crippen molar-refractivity contribution >= 4 is 17.8 Å².